The monoisotopic (exact) mass is 312 g/mol. The van der Waals surface area contributed by atoms with Crippen LogP contribution >= 0.6 is 0 Å². The Balaban J connectivity index is 1.61. The van der Waals surface area contributed by atoms with Gasteiger partial charge in [0.05, 0.1) is 6.10 Å². The summed E-state index contributed by atoms with van der Waals surface area (Å²) in [5.41, 5.74) is 1.14. The fourth-order valence-electron chi connectivity index (χ4n) is 2.51. The number of hydrogen-bond acceptors (Lipinski definition) is 5. The quantitative estimate of drug-likeness (QED) is 0.918. The molecular weight excluding hydrogens is 292 g/mol. The summed E-state index contributed by atoms with van der Waals surface area (Å²) < 4.78 is 5.55. The van der Waals surface area contributed by atoms with Gasteiger partial charge in [-0.15, -0.1) is 10.2 Å². The molecule has 1 N–H and O–H groups in total. The number of benzene rings is 1. The third-order valence-electron chi connectivity index (χ3n) is 3.87. The number of ether oxygens (including phenoxy) is 1. The van der Waals surface area contributed by atoms with Crippen molar-refractivity contribution in [1.82, 2.24) is 10.2 Å². The van der Waals surface area contributed by atoms with Crippen LogP contribution in [-0.2, 0) is 4.74 Å². The lowest BCUT2D eigenvalue weighted by Crippen LogP contribution is -2.27. The number of carbonyl (C=O) groups excluding carboxylic acids is 1. The normalized spacial score (nSPS) is 17.0. The Morgan fingerprint density at radius 3 is 2.74 bits per heavy atom. The highest BCUT2D eigenvalue weighted by atomic mass is 16.5. The number of rotatable bonds is 5. The lowest BCUT2D eigenvalue weighted by atomic mass is 10.2. The van der Waals surface area contributed by atoms with E-state index in [-0.39, 0.29) is 12.0 Å². The summed E-state index contributed by atoms with van der Waals surface area (Å²) in [5, 5.41) is 11.3. The zero-order chi connectivity index (χ0) is 16.1. The molecule has 0 radical (unpaired) electrons. The zero-order valence-electron chi connectivity index (χ0n) is 13.1. The van der Waals surface area contributed by atoms with Gasteiger partial charge in [-0.25, -0.2) is 0 Å². The molecule has 23 heavy (non-hydrogen) atoms. The van der Waals surface area contributed by atoms with Crippen molar-refractivity contribution in [3.05, 3.63) is 48.2 Å². The van der Waals surface area contributed by atoms with Gasteiger partial charge in [0.2, 0.25) is 0 Å². The summed E-state index contributed by atoms with van der Waals surface area (Å²) in [6.07, 6.45) is 2.42. The molecular formula is C17H20N4O2. The Labute approximate surface area is 135 Å². The average Bonchev–Trinajstić information content (AvgIpc) is 3.13. The third-order valence-corrected chi connectivity index (χ3v) is 3.87. The van der Waals surface area contributed by atoms with Crippen molar-refractivity contribution >= 4 is 17.4 Å². The van der Waals surface area contributed by atoms with E-state index in [0.717, 1.165) is 25.1 Å². The molecule has 1 aromatic carbocycles. The van der Waals surface area contributed by atoms with Crippen molar-refractivity contribution in [1.29, 1.82) is 0 Å². The first-order chi connectivity index (χ1) is 11.2. The standard InChI is InChI=1S/C17H20N4O2/c1-21(13-6-3-2-4-7-13)17(22)15-9-10-16(20-19-15)18-12-14-8-5-11-23-14/h2-4,6-7,9-10,14H,5,8,11-12H2,1H3,(H,18,20). The van der Waals surface area contributed by atoms with Gasteiger partial charge in [-0.1, -0.05) is 18.2 Å². The molecule has 6 heteroatoms. The van der Waals surface area contributed by atoms with Crippen LogP contribution in [0.4, 0.5) is 11.5 Å². The molecule has 0 spiro atoms. The van der Waals surface area contributed by atoms with Crippen LogP contribution in [0.15, 0.2) is 42.5 Å². The topological polar surface area (TPSA) is 67.4 Å². The third kappa shape index (κ3) is 3.84. The van der Waals surface area contributed by atoms with Crippen molar-refractivity contribution in [3.63, 3.8) is 0 Å². The first-order valence-corrected chi connectivity index (χ1v) is 7.76. The number of para-hydroxylation sites is 1. The van der Waals surface area contributed by atoms with Crippen LogP contribution in [0.3, 0.4) is 0 Å². The lowest BCUT2D eigenvalue weighted by molar-refractivity contribution is 0.0987. The molecule has 1 unspecified atom stereocenters. The first kappa shape index (κ1) is 15.4. The maximum Gasteiger partial charge on any atom is 0.278 e. The van der Waals surface area contributed by atoms with E-state index in [9.17, 15) is 4.79 Å². The molecule has 1 saturated heterocycles. The summed E-state index contributed by atoms with van der Waals surface area (Å²) in [5.74, 6) is 0.466. The first-order valence-electron chi connectivity index (χ1n) is 7.76. The number of nitrogens with zero attached hydrogens (tertiary/aromatic N) is 3. The van der Waals surface area contributed by atoms with E-state index >= 15 is 0 Å². The van der Waals surface area contributed by atoms with Crippen LogP contribution in [0.1, 0.15) is 23.3 Å². The molecule has 0 aliphatic carbocycles. The average molecular weight is 312 g/mol. The molecule has 1 aromatic heterocycles. The van der Waals surface area contributed by atoms with E-state index in [1.54, 1.807) is 24.1 Å². The Kier molecular flexibility index (Phi) is 4.83. The van der Waals surface area contributed by atoms with Gasteiger partial charge in [0, 0.05) is 25.9 Å². The number of aromatic nitrogens is 2. The van der Waals surface area contributed by atoms with Gasteiger partial charge in [0.25, 0.3) is 5.91 Å². The summed E-state index contributed by atoms with van der Waals surface area (Å²) in [6.45, 7) is 1.54. The van der Waals surface area contributed by atoms with Gasteiger partial charge >= 0.3 is 0 Å². The Bertz CT molecular complexity index is 639. The number of amides is 1. The second-order valence-electron chi connectivity index (χ2n) is 5.52. The molecule has 1 aliphatic heterocycles. The second-order valence-corrected chi connectivity index (χ2v) is 5.52. The molecule has 0 saturated carbocycles. The minimum absolute atomic E-state index is 0.186. The molecule has 120 valence electrons. The molecule has 1 fully saturated rings. The van der Waals surface area contributed by atoms with E-state index < -0.39 is 0 Å². The van der Waals surface area contributed by atoms with Crippen molar-refractivity contribution in [3.8, 4) is 0 Å². The fraction of sp³-hybridized carbons (Fsp3) is 0.353. The van der Waals surface area contributed by atoms with Gasteiger partial charge in [-0.05, 0) is 37.1 Å². The van der Waals surface area contributed by atoms with Crippen LogP contribution in [0.2, 0.25) is 0 Å². The summed E-state index contributed by atoms with van der Waals surface area (Å²) >= 11 is 0. The number of nitrogens with one attached hydrogen (secondary N) is 1. The van der Waals surface area contributed by atoms with Crippen LogP contribution in [0.5, 0.6) is 0 Å². The van der Waals surface area contributed by atoms with E-state index in [4.69, 9.17) is 4.74 Å². The van der Waals surface area contributed by atoms with Crippen LogP contribution < -0.4 is 10.2 Å². The van der Waals surface area contributed by atoms with Crippen molar-refractivity contribution in [2.45, 2.75) is 18.9 Å². The minimum Gasteiger partial charge on any atom is -0.376 e. The number of anilines is 2. The number of carbonyl (C=O) groups is 1. The van der Waals surface area contributed by atoms with E-state index in [0.29, 0.717) is 18.1 Å². The highest BCUT2D eigenvalue weighted by Gasteiger charge is 2.17. The zero-order valence-corrected chi connectivity index (χ0v) is 13.1. The maximum absolute atomic E-state index is 12.4. The smallest absolute Gasteiger partial charge is 0.278 e. The summed E-state index contributed by atoms with van der Waals surface area (Å²) in [4.78, 5) is 14.0. The van der Waals surface area contributed by atoms with Gasteiger partial charge in [-0.3, -0.25) is 4.79 Å². The molecule has 1 aliphatic rings. The maximum atomic E-state index is 12.4. The highest BCUT2D eigenvalue weighted by molar-refractivity contribution is 6.04. The predicted octanol–water partition coefficient (Wildman–Crippen LogP) is 2.34. The Hall–Kier alpha value is -2.47. The summed E-state index contributed by atoms with van der Waals surface area (Å²) in [7, 11) is 1.73. The van der Waals surface area contributed by atoms with Crippen molar-refractivity contribution in [2.24, 2.45) is 0 Å². The van der Waals surface area contributed by atoms with E-state index in [1.807, 2.05) is 30.3 Å². The van der Waals surface area contributed by atoms with Gasteiger partial charge in [-0.2, -0.15) is 0 Å². The lowest BCUT2D eigenvalue weighted by Gasteiger charge is -2.16. The van der Waals surface area contributed by atoms with E-state index in [1.165, 1.54) is 0 Å². The molecule has 1 amide bonds. The van der Waals surface area contributed by atoms with Gasteiger partial charge in [0.15, 0.2) is 5.69 Å². The van der Waals surface area contributed by atoms with Gasteiger partial charge in [0.1, 0.15) is 5.82 Å². The second kappa shape index (κ2) is 7.19. The largest absolute Gasteiger partial charge is 0.376 e. The fourth-order valence-corrected chi connectivity index (χ4v) is 2.51. The molecule has 2 heterocycles. The summed E-state index contributed by atoms with van der Waals surface area (Å²) in [6, 6.07) is 12.9. The minimum atomic E-state index is -0.186. The van der Waals surface area contributed by atoms with Crippen molar-refractivity contribution < 1.29 is 9.53 Å². The van der Waals surface area contributed by atoms with Crippen LogP contribution in [0.25, 0.3) is 0 Å². The molecule has 3 rings (SSSR count). The van der Waals surface area contributed by atoms with Crippen LogP contribution in [-0.4, -0.2) is 42.4 Å². The molecule has 0 bridgehead atoms. The van der Waals surface area contributed by atoms with E-state index in [2.05, 4.69) is 15.5 Å². The number of hydrogen-bond donors (Lipinski definition) is 1. The molecule has 1 atom stereocenters. The van der Waals surface area contributed by atoms with Gasteiger partial charge < -0.3 is 15.0 Å². The SMILES string of the molecule is CN(C(=O)c1ccc(NCC2CCCO2)nn1)c1ccccc1. The van der Waals surface area contributed by atoms with Crippen molar-refractivity contribution in [2.75, 3.05) is 30.4 Å². The molecule has 2 aromatic rings. The Morgan fingerprint density at radius 1 is 1.26 bits per heavy atom. The highest BCUT2D eigenvalue weighted by Crippen LogP contribution is 2.15. The molecule has 6 nitrogen and oxygen atoms in total. The Morgan fingerprint density at radius 2 is 2.09 bits per heavy atom. The predicted molar refractivity (Wildman–Crippen MR) is 88.7 cm³/mol. The van der Waals surface area contributed by atoms with Crippen LogP contribution in [0, 0.1) is 0 Å².